The van der Waals surface area contributed by atoms with Crippen molar-refractivity contribution in [3.8, 4) is 0 Å². The lowest BCUT2D eigenvalue weighted by Gasteiger charge is -2.25. The largest absolute Gasteiger partial charge is 0.385 e. The second-order valence-electron chi connectivity index (χ2n) is 4.38. The molecular formula is C12H25N3O3. The van der Waals surface area contributed by atoms with Crippen LogP contribution in [0.3, 0.4) is 0 Å². The summed E-state index contributed by atoms with van der Waals surface area (Å²) in [4.78, 5) is 26.5. The van der Waals surface area contributed by atoms with Crippen molar-refractivity contribution >= 4 is 11.8 Å². The fourth-order valence-corrected chi connectivity index (χ4v) is 1.46. The summed E-state index contributed by atoms with van der Waals surface area (Å²) in [6.45, 7) is 2.99. The van der Waals surface area contributed by atoms with E-state index in [0.717, 1.165) is 6.42 Å². The highest BCUT2D eigenvalue weighted by atomic mass is 16.5. The molecule has 0 spiro atoms. The number of hydrogen-bond acceptors (Lipinski definition) is 4. The van der Waals surface area contributed by atoms with Crippen molar-refractivity contribution in [2.75, 3.05) is 40.9 Å². The van der Waals surface area contributed by atoms with Crippen molar-refractivity contribution < 1.29 is 14.3 Å². The number of nitrogens with two attached hydrogens (primary N) is 1. The Labute approximate surface area is 109 Å². The minimum Gasteiger partial charge on any atom is -0.385 e. The van der Waals surface area contributed by atoms with Gasteiger partial charge in [-0.1, -0.05) is 0 Å². The summed E-state index contributed by atoms with van der Waals surface area (Å²) < 4.78 is 4.91. The monoisotopic (exact) mass is 259 g/mol. The quantitative estimate of drug-likeness (QED) is 0.606. The molecule has 6 nitrogen and oxygen atoms in total. The van der Waals surface area contributed by atoms with E-state index in [1.165, 1.54) is 9.80 Å². The third kappa shape index (κ3) is 5.97. The molecule has 0 aromatic heterocycles. The Balaban J connectivity index is 4.28. The van der Waals surface area contributed by atoms with Crippen LogP contribution in [0.4, 0.5) is 0 Å². The number of methoxy groups -OCH3 is 1. The first-order valence-electron chi connectivity index (χ1n) is 6.17. The lowest BCUT2D eigenvalue weighted by atomic mass is 10.1. The summed E-state index contributed by atoms with van der Waals surface area (Å²) in [7, 11) is 4.94. The Morgan fingerprint density at radius 2 is 1.94 bits per heavy atom. The molecule has 2 amide bonds. The molecule has 106 valence electrons. The molecule has 0 rings (SSSR count). The zero-order chi connectivity index (χ0) is 14.1. The Kier molecular flexibility index (Phi) is 8.32. The van der Waals surface area contributed by atoms with Crippen LogP contribution in [-0.2, 0) is 14.3 Å². The molecule has 0 aromatic carbocycles. The number of likely N-dealkylation sites (N-methyl/N-ethyl adjacent to an activating group) is 2. The highest BCUT2D eigenvalue weighted by Crippen LogP contribution is 2.01. The molecule has 0 saturated heterocycles. The van der Waals surface area contributed by atoms with E-state index in [9.17, 15) is 9.59 Å². The molecule has 1 unspecified atom stereocenters. The molecule has 0 fully saturated rings. The van der Waals surface area contributed by atoms with E-state index < -0.39 is 6.04 Å². The SMILES string of the molecule is CCN(CC(=O)N(C)C)C(=O)C(N)CCCOC. The smallest absolute Gasteiger partial charge is 0.241 e. The van der Waals surface area contributed by atoms with E-state index in [1.54, 1.807) is 21.2 Å². The second-order valence-corrected chi connectivity index (χ2v) is 4.38. The maximum atomic E-state index is 12.0. The topological polar surface area (TPSA) is 75.9 Å². The maximum absolute atomic E-state index is 12.0. The van der Waals surface area contributed by atoms with Crippen LogP contribution in [0.2, 0.25) is 0 Å². The first-order chi connectivity index (χ1) is 8.43. The van der Waals surface area contributed by atoms with Gasteiger partial charge in [0.05, 0.1) is 12.6 Å². The van der Waals surface area contributed by atoms with E-state index in [2.05, 4.69) is 0 Å². The number of carbonyl (C=O) groups is 2. The molecule has 0 aliphatic rings. The van der Waals surface area contributed by atoms with Crippen LogP contribution in [0.1, 0.15) is 19.8 Å². The molecule has 0 aliphatic heterocycles. The van der Waals surface area contributed by atoms with Gasteiger partial charge < -0.3 is 20.3 Å². The number of amides is 2. The van der Waals surface area contributed by atoms with Crippen LogP contribution >= 0.6 is 0 Å². The van der Waals surface area contributed by atoms with Crippen molar-refractivity contribution in [1.82, 2.24) is 9.80 Å². The summed E-state index contributed by atoms with van der Waals surface area (Å²) in [6, 6.07) is -0.560. The minimum atomic E-state index is -0.560. The van der Waals surface area contributed by atoms with E-state index in [-0.39, 0.29) is 18.4 Å². The molecule has 0 saturated carbocycles. The minimum absolute atomic E-state index is 0.0836. The Morgan fingerprint density at radius 3 is 2.39 bits per heavy atom. The summed E-state index contributed by atoms with van der Waals surface area (Å²) in [5.41, 5.74) is 5.81. The molecule has 0 aromatic rings. The van der Waals surface area contributed by atoms with Gasteiger partial charge in [0.25, 0.3) is 0 Å². The number of rotatable bonds is 8. The van der Waals surface area contributed by atoms with Crippen LogP contribution < -0.4 is 5.73 Å². The fourth-order valence-electron chi connectivity index (χ4n) is 1.46. The summed E-state index contributed by atoms with van der Waals surface area (Å²) in [6.07, 6.45) is 1.31. The van der Waals surface area contributed by atoms with Crippen molar-refractivity contribution in [3.63, 3.8) is 0 Å². The van der Waals surface area contributed by atoms with Crippen molar-refractivity contribution in [2.24, 2.45) is 5.73 Å². The van der Waals surface area contributed by atoms with Crippen molar-refractivity contribution in [2.45, 2.75) is 25.8 Å². The standard InChI is InChI=1S/C12H25N3O3/c1-5-15(9-11(16)14(2)3)12(17)10(13)7-6-8-18-4/h10H,5-9,13H2,1-4H3. The number of nitrogens with zero attached hydrogens (tertiary/aromatic N) is 2. The van der Waals surface area contributed by atoms with E-state index in [1.807, 2.05) is 6.92 Å². The lowest BCUT2D eigenvalue weighted by Crippen LogP contribution is -2.47. The second kappa shape index (κ2) is 8.88. The van der Waals surface area contributed by atoms with Crippen molar-refractivity contribution in [1.29, 1.82) is 0 Å². The zero-order valence-electron chi connectivity index (χ0n) is 11.8. The highest BCUT2D eigenvalue weighted by molar-refractivity contribution is 5.87. The van der Waals surface area contributed by atoms with Gasteiger partial charge in [0.15, 0.2) is 0 Å². The van der Waals surface area contributed by atoms with Crippen LogP contribution in [0.25, 0.3) is 0 Å². The van der Waals surface area contributed by atoms with Gasteiger partial charge in [-0.25, -0.2) is 0 Å². The molecule has 2 N–H and O–H groups in total. The molecule has 0 bridgehead atoms. The molecular weight excluding hydrogens is 234 g/mol. The van der Waals surface area contributed by atoms with Crippen LogP contribution in [0.15, 0.2) is 0 Å². The van der Waals surface area contributed by atoms with Gasteiger partial charge in [0.1, 0.15) is 0 Å². The Bertz CT molecular complexity index is 269. The van der Waals surface area contributed by atoms with Gasteiger partial charge in [-0.15, -0.1) is 0 Å². The predicted molar refractivity (Wildman–Crippen MR) is 70.0 cm³/mol. The van der Waals surface area contributed by atoms with Gasteiger partial charge in [-0.3, -0.25) is 9.59 Å². The predicted octanol–water partition coefficient (Wildman–Crippen LogP) is -0.323. The third-order valence-corrected chi connectivity index (χ3v) is 2.70. The Morgan fingerprint density at radius 1 is 1.33 bits per heavy atom. The zero-order valence-corrected chi connectivity index (χ0v) is 11.8. The van der Waals surface area contributed by atoms with Gasteiger partial charge in [-0.2, -0.15) is 0 Å². The third-order valence-electron chi connectivity index (χ3n) is 2.70. The fraction of sp³-hybridized carbons (Fsp3) is 0.833. The van der Waals surface area contributed by atoms with Crippen LogP contribution in [0.5, 0.6) is 0 Å². The van der Waals surface area contributed by atoms with Crippen LogP contribution in [0, 0.1) is 0 Å². The van der Waals surface area contributed by atoms with Gasteiger partial charge in [0.2, 0.25) is 11.8 Å². The van der Waals surface area contributed by atoms with Crippen LogP contribution in [-0.4, -0.2) is 68.6 Å². The number of carbonyl (C=O) groups excluding carboxylic acids is 2. The maximum Gasteiger partial charge on any atom is 0.241 e. The lowest BCUT2D eigenvalue weighted by molar-refractivity contribution is -0.139. The molecule has 0 aliphatic carbocycles. The van der Waals surface area contributed by atoms with Crippen molar-refractivity contribution in [3.05, 3.63) is 0 Å². The van der Waals surface area contributed by atoms with E-state index in [0.29, 0.717) is 19.6 Å². The van der Waals surface area contributed by atoms with E-state index in [4.69, 9.17) is 10.5 Å². The summed E-state index contributed by atoms with van der Waals surface area (Å²) in [5, 5.41) is 0. The molecule has 0 heterocycles. The molecule has 1 atom stereocenters. The highest BCUT2D eigenvalue weighted by Gasteiger charge is 2.22. The first-order valence-corrected chi connectivity index (χ1v) is 6.17. The molecule has 18 heavy (non-hydrogen) atoms. The average molecular weight is 259 g/mol. The number of ether oxygens (including phenoxy) is 1. The molecule has 0 radical (unpaired) electrons. The summed E-state index contributed by atoms with van der Waals surface area (Å²) in [5.74, 6) is -0.280. The number of hydrogen-bond donors (Lipinski definition) is 1. The summed E-state index contributed by atoms with van der Waals surface area (Å²) >= 11 is 0. The van der Waals surface area contributed by atoms with Gasteiger partial charge >= 0.3 is 0 Å². The van der Waals surface area contributed by atoms with E-state index >= 15 is 0 Å². The normalized spacial score (nSPS) is 12.1. The first kappa shape index (κ1) is 16.9. The van der Waals surface area contributed by atoms with Gasteiger partial charge in [0, 0.05) is 34.4 Å². The van der Waals surface area contributed by atoms with Gasteiger partial charge in [-0.05, 0) is 19.8 Å². The Hall–Kier alpha value is -1.14. The average Bonchev–Trinajstić information content (AvgIpc) is 2.34. The molecule has 6 heteroatoms.